The number of para-hydroxylation sites is 1. The maximum Gasteiger partial charge on any atom is 0.320 e. The van der Waals surface area contributed by atoms with Crippen LogP contribution in [0.3, 0.4) is 0 Å². The molecule has 8 heteroatoms. The molecule has 7 nitrogen and oxygen atoms in total. The molecule has 0 fully saturated rings. The maximum absolute atomic E-state index is 12.2. The number of hydrogen-bond acceptors (Lipinski definition) is 7. The molecular weight excluding hydrogens is 430 g/mol. The van der Waals surface area contributed by atoms with Crippen molar-refractivity contribution < 1.29 is 23.8 Å². The number of rotatable bonds is 11. The van der Waals surface area contributed by atoms with Crippen molar-refractivity contribution in [2.24, 2.45) is 5.92 Å². The Kier molecular flexibility index (Phi) is 8.44. The van der Waals surface area contributed by atoms with Gasteiger partial charge >= 0.3 is 16.8 Å². The van der Waals surface area contributed by atoms with Gasteiger partial charge in [0.15, 0.2) is 5.92 Å². The summed E-state index contributed by atoms with van der Waals surface area (Å²) in [5.74, 6) is -1.47. The Hall–Kier alpha value is -3.13. The Labute approximate surface area is 190 Å². The third kappa shape index (κ3) is 5.97. The van der Waals surface area contributed by atoms with Gasteiger partial charge in [0.05, 0.1) is 30.0 Å². The van der Waals surface area contributed by atoms with Gasteiger partial charge in [0.1, 0.15) is 5.75 Å². The lowest BCUT2D eigenvalue weighted by Crippen LogP contribution is -2.30. The molecule has 1 heterocycles. The van der Waals surface area contributed by atoms with Gasteiger partial charge in [-0.25, -0.2) is 0 Å². The molecule has 0 aliphatic heterocycles. The Morgan fingerprint density at radius 1 is 0.969 bits per heavy atom. The van der Waals surface area contributed by atoms with Crippen molar-refractivity contribution >= 4 is 33.5 Å². The molecule has 2 aromatic carbocycles. The second-order valence-electron chi connectivity index (χ2n) is 7.09. The van der Waals surface area contributed by atoms with E-state index in [2.05, 4.69) is 0 Å². The highest BCUT2D eigenvalue weighted by Crippen LogP contribution is 2.19. The summed E-state index contributed by atoms with van der Waals surface area (Å²) in [6.45, 7) is 4.85. The Morgan fingerprint density at radius 2 is 1.62 bits per heavy atom. The number of fused-ring (bicyclic) bond motifs is 1. The number of esters is 2. The van der Waals surface area contributed by atoms with Crippen LogP contribution < -0.4 is 9.61 Å². The topological polar surface area (TPSA) is 83.8 Å². The van der Waals surface area contributed by atoms with Gasteiger partial charge in [0, 0.05) is 6.54 Å². The lowest BCUT2D eigenvalue weighted by Gasteiger charge is -2.14. The molecule has 32 heavy (non-hydrogen) atoms. The quantitative estimate of drug-likeness (QED) is 0.247. The van der Waals surface area contributed by atoms with Crippen molar-refractivity contribution in [3.8, 4) is 5.75 Å². The molecule has 0 bridgehead atoms. The van der Waals surface area contributed by atoms with Gasteiger partial charge in [-0.1, -0.05) is 35.6 Å². The number of carbonyl (C=O) groups excluding carboxylic acids is 2. The molecule has 0 amide bonds. The number of aromatic nitrogens is 1. The van der Waals surface area contributed by atoms with Crippen LogP contribution in [0.2, 0.25) is 0 Å². The normalized spacial score (nSPS) is 11.0. The number of ether oxygens (including phenoxy) is 3. The molecular formula is C24H27NO6S. The summed E-state index contributed by atoms with van der Waals surface area (Å²) in [7, 11) is 0. The molecule has 0 aliphatic rings. The molecule has 0 unspecified atom stereocenters. The SMILES string of the molecule is CCOC(=O)C(Cc1ccc(OCCCn2c(=O)sc3ccccc32)cc1)C(=O)OCC. The molecule has 0 radical (unpaired) electrons. The first-order valence-electron chi connectivity index (χ1n) is 10.7. The van der Waals surface area contributed by atoms with Gasteiger partial charge < -0.3 is 14.2 Å². The van der Waals surface area contributed by atoms with E-state index in [-0.39, 0.29) is 24.5 Å². The number of nitrogens with zero attached hydrogens (tertiary/aromatic N) is 1. The predicted octanol–water partition coefficient (Wildman–Crippen LogP) is 3.82. The van der Waals surface area contributed by atoms with E-state index in [1.807, 2.05) is 36.4 Å². The lowest BCUT2D eigenvalue weighted by atomic mass is 9.99. The van der Waals surface area contributed by atoms with Crippen LogP contribution in [0.5, 0.6) is 5.75 Å². The van der Waals surface area contributed by atoms with Gasteiger partial charge in [-0.15, -0.1) is 0 Å². The van der Waals surface area contributed by atoms with Crippen molar-refractivity contribution in [1.82, 2.24) is 4.57 Å². The van der Waals surface area contributed by atoms with Crippen LogP contribution >= 0.6 is 11.3 Å². The van der Waals surface area contributed by atoms with Crippen molar-refractivity contribution in [2.45, 2.75) is 33.2 Å². The molecule has 3 aromatic rings. The van der Waals surface area contributed by atoms with E-state index in [0.29, 0.717) is 25.3 Å². The molecule has 0 N–H and O–H groups in total. The molecule has 0 saturated carbocycles. The van der Waals surface area contributed by atoms with E-state index in [1.54, 1.807) is 30.5 Å². The van der Waals surface area contributed by atoms with E-state index < -0.39 is 17.9 Å². The van der Waals surface area contributed by atoms with Crippen LogP contribution in [0.15, 0.2) is 53.3 Å². The number of benzene rings is 2. The van der Waals surface area contributed by atoms with E-state index in [0.717, 1.165) is 15.8 Å². The number of aryl methyl sites for hydroxylation is 1. The van der Waals surface area contributed by atoms with E-state index >= 15 is 0 Å². The van der Waals surface area contributed by atoms with Crippen LogP contribution in [-0.2, 0) is 32.0 Å². The summed E-state index contributed by atoms with van der Waals surface area (Å²) in [6.07, 6.45) is 0.891. The Morgan fingerprint density at radius 3 is 2.28 bits per heavy atom. The summed E-state index contributed by atoms with van der Waals surface area (Å²) in [5.41, 5.74) is 1.75. The largest absolute Gasteiger partial charge is 0.494 e. The smallest absolute Gasteiger partial charge is 0.320 e. The average molecular weight is 458 g/mol. The fourth-order valence-corrected chi connectivity index (χ4v) is 4.26. The van der Waals surface area contributed by atoms with Crippen LogP contribution in [0, 0.1) is 5.92 Å². The second-order valence-corrected chi connectivity index (χ2v) is 8.09. The average Bonchev–Trinajstić information content (AvgIpc) is 3.11. The zero-order chi connectivity index (χ0) is 22.9. The van der Waals surface area contributed by atoms with Gasteiger partial charge in [-0.3, -0.25) is 19.0 Å². The number of thiazole rings is 1. The van der Waals surface area contributed by atoms with E-state index in [9.17, 15) is 14.4 Å². The fourth-order valence-electron chi connectivity index (χ4n) is 3.34. The predicted molar refractivity (Wildman–Crippen MR) is 123 cm³/mol. The first-order valence-corrected chi connectivity index (χ1v) is 11.5. The van der Waals surface area contributed by atoms with Crippen molar-refractivity contribution in [3.05, 3.63) is 63.8 Å². The summed E-state index contributed by atoms with van der Waals surface area (Å²) in [4.78, 5) is 36.5. The second kappa shape index (κ2) is 11.5. The van der Waals surface area contributed by atoms with Crippen LogP contribution in [-0.4, -0.2) is 36.3 Å². The van der Waals surface area contributed by atoms with Gasteiger partial charge in [-0.2, -0.15) is 0 Å². The molecule has 0 aliphatic carbocycles. The Balaban J connectivity index is 1.53. The summed E-state index contributed by atoms with van der Waals surface area (Å²) < 4.78 is 18.6. The standard InChI is InChI=1S/C24H27NO6S/c1-3-29-22(26)19(23(27)30-4-2)16-17-10-12-18(13-11-17)31-15-7-14-25-20-8-5-6-9-21(20)32-24(25)28/h5-6,8-13,19H,3-4,7,14-16H2,1-2H3. The fraction of sp³-hybridized carbons (Fsp3) is 0.375. The highest BCUT2D eigenvalue weighted by atomic mass is 32.1. The van der Waals surface area contributed by atoms with Gasteiger partial charge in [0.25, 0.3) is 0 Å². The third-order valence-electron chi connectivity index (χ3n) is 4.87. The van der Waals surface area contributed by atoms with Crippen molar-refractivity contribution in [2.75, 3.05) is 19.8 Å². The minimum Gasteiger partial charge on any atom is -0.494 e. The third-order valence-corrected chi connectivity index (χ3v) is 5.83. The van der Waals surface area contributed by atoms with Crippen LogP contribution in [0.4, 0.5) is 0 Å². The number of carbonyl (C=O) groups is 2. The van der Waals surface area contributed by atoms with Crippen molar-refractivity contribution in [1.29, 1.82) is 0 Å². The summed E-state index contributed by atoms with van der Waals surface area (Å²) >= 11 is 1.25. The highest BCUT2D eigenvalue weighted by molar-refractivity contribution is 7.16. The first-order chi connectivity index (χ1) is 15.5. The molecule has 170 valence electrons. The van der Waals surface area contributed by atoms with Gasteiger partial charge in [0.2, 0.25) is 0 Å². The molecule has 0 spiro atoms. The van der Waals surface area contributed by atoms with Crippen molar-refractivity contribution in [3.63, 3.8) is 0 Å². The summed E-state index contributed by atoms with van der Waals surface area (Å²) in [5, 5.41) is 0. The molecule has 0 atom stereocenters. The monoisotopic (exact) mass is 457 g/mol. The zero-order valence-electron chi connectivity index (χ0n) is 18.2. The lowest BCUT2D eigenvalue weighted by molar-refractivity contribution is -0.161. The van der Waals surface area contributed by atoms with Gasteiger partial charge in [-0.05, 0) is 56.5 Å². The highest BCUT2D eigenvalue weighted by Gasteiger charge is 2.29. The molecule has 3 rings (SSSR count). The maximum atomic E-state index is 12.2. The molecule has 0 saturated heterocycles. The zero-order valence-corrected chi connectivity index (χ0v) is 19.1. The van der Waals surface area contributed by atoms with E-state index in [4.69, 9.17) is 14.2 Å². The summed E-state index contributed by atoms with van der Waals surface area (Å²) in [6, 6.07) is 15.0. The van der Waals surface area contributed by atoms with E-state index in [1.165, 1.54) is 11.3 Å². The number of hydrogen-bond donors (Lipinski definition) is 0. The van der Waals surface area contributed by atoms with Crippen LogP contribution in [0.25, 0.3) is 10.2 Å². The minimum absolute atomic E-state index is 0.0355. The first kappa shape index (κ1) is 23.5. The Bertz CT molecular complexity index is 1080. The van der Waals surface area contributed by atoms with Crippen LogP contribution in [0.1, 0.15) is 25.8 Å². The minimum atomic E-state index is -0.986. The molecule has 1 aromatic heterocycles.